The normalized spacial score (nSPS) is 20.4. The lowest BCUT2D eigenvalue weighted by molar-refractivity contribution is -0.0127. The molecule has 0 spiro atoms. The van der Waals surface area contributed by atoms with Crippen molar-refractivity contribution >= 4 is 5.84 Å². The van der Waals surface area contributed by atoms with E-state index in [2.05, 4.69) is 11.8 Å². The fourth-order valence-electron chi connectivity index (χ4n) is 2.41. The summed E-state index contributed by atoms with van der Waals surface area (Å²) in [5.74, 6) is -0.446. The number of halogens is 1. The Balaban J connectivity index is 2.15. The van der Waals surface area contributed by atoms with E-state index in [-0.39, 0.29) is 11.7 Å². The van der Waals surface area contributed by atoms with Gasteiger partial charge in [-0.05, 0) is 30.2 Å². The number of nitrogens with two attached hydrogens (primary N) is 1. The molecule has 5 heteroatoms. The third-order valence-corrected chi connectivity index (χ3v) is 3.47. The third-order valence-electron chi connectivity index (χ3n) is 3.47. The van der Waals surface area contributed by atoms with Crippen molar-refractivity contribution < 1.29 is 9.13 Å². The lowest BCUT2D eigenvalue weighted by Crippen LogP contribution is -2.44. The monoisotopic (exact) mass is 265 g/mol. The second-order valence-corrected chi connectivity index (χ2v) is 4.87. The lowest BCUT2D eigenvalue weighted by Gasteiger charge is -2.35. The number of amidine groups is 1. The van der Waals surface area contributed by atoms with Crippen LogP contribution < -0.4 is 5.73 Å². The second-order valence-electron chi connectivity index (χ2n) is 4.87. The first-order valence-corrected chi connectivity index (χ1v) is 6.55. The van der Waals surface area contributed by atoms with Gasteiger partial charge in [-0.2, -0.15) is 0 Å². The topological polar surface area (TPSA) is 62.3 Å². The molecule has 1 atom stereocenters. The van der Waals surface area contributed by atoms with Crippen molar-refractivity contribution in [2.45, 2.75) is 25.9 Å². The molecule has 0 bridgehead atoms. The largest absolute Gasteiger partial charge is 0.384 e. The molecule has 2 rings (SSSR count). The van der Waals surface area contributed by atoms with Crippen LogP contribution in [0.3, 0.4) is 0 Å². The van der Waals surface area contributed by atoms with Gasteiger partial charge in [-0.1, -0.05) is 6.92 Å². The van der Waals surface area contributed by atoms with Gasteiger partial charge in [0.1, 0.15) is 11.7 Å². The van der Waals surface area contributed by atoms with Crippen molar-refractivity contribution in [3.05, 3.63) is 35.1 Å². The van der Waals surface area contributed by atoms with Gasteiger partial charge in [0.15, 0.2) is 0 Å². The Kier molecular flexibility index (Phi) is 4.50. The summed E-state index contributed by atoms with van der Waals surface area (Å²) in [6.45, 7) is 5.08. The summed E-state index contributed by atoms with van der Waals surface area (Å²) < 4.78 is 19.0. The van der Waals surface area contributed by atoms with Crippen molar-refractivity contribution in [3.8, 4) is 0 Å². The molecular formula is C14H20FN3O. The molecule has 0 aliphatic carbocycles. The minimum Gasteiger partial charge on any atom is -0.384 e. The Morgan fingerprint density at radius 1 is 1.53 bits per heavy atom. The Morgan fingerprint density at radius 3 is 3.00 bits per heavy atom. The SMILES string of the molecule is CCC1COCCN1Cc1cc(F)cc(C(=N)N)c1. The highest BCUT2D eigenvalue weighted by Gasteiger charge is 2.21. The average Bonchev–Trinajstić information content (AvgIpc) is 2.38. The Morgan fingerprint density at radius 2 is 2.32 bits per heavy atom. The second kappa shape index (κ2) is 6.12. The maximum atomic E-state index is 13.5. The van der Waals surface area contributed by atoms with E-state index < -0.39 is 0 Å². The van der Waals surface area contributed by atoms with Crippen molar-refractivity contribution in [1.82, 2.24) is 4.90 Å². The van der Waals surface area contributed by atoms with Crippen molar-refractivity contribution in [2.75, 3.05) is 19.8 Å². The van der Waals surface area contributed by atoms with Crippen molar-refractivity contribution in [3.63, 3.8) is 0 Å². The zero-order chi connectivity index (χ0) is 13.8. The Labute approximate surface area is 112 Å². The van der Waals surface area contributed by atoms with E-state index in [0.717, 1.165) is 25.1 Å². The van der Waals surface area contributed by atoms with Crippen molar-refractivity contribution in [1.29, 1.82) is 5.41 Å². The highest BCUT2D eigenvalue weighted by atomic mass is 19.1. The van der Waals surface area contributed by atoms with Crippen LogP contribution in [-0.2, 0) is 11.3 Å². The lowest BCUT2D eigenvalue weighted by atomic mass is 10.1. The molecule has 0 radical (unpaired) electrons. The smallest absolute Gasteiger partial charge is 0.124 e. The van der Waals surface area contributed by atoms with Gasteiger partial charge in [-0.3, -0.25) is 10.3 Å². The van der Waals surface area contributed by atoms with Crippen LogP contribution in [0.15, 0.2) is 18.2 Å². The summed E-state index contributed by atoms with van der Waals surface area (Å²) in [5.41, 5.74) is 6.71. The summed E-state index contributed by atoms with van der Waals surface area (Å²) in [4.78, 5) is 2.29. The van der Waals surface area contributed by atoms with Crippen LogP contribution in [0.1, 0.15) is 24.5 Å². The van der Waals surface area contributed by atoms with E-state index >= 15 is 0 Å². The van der Waals surface area contributed by atoms with E-state index in [1.165, 1.54) is 12.1 Å². The molecule has 1 aliphatic rings. The van der Waals surface area contributed by atoms with Crippen LogP contribution >= 0.6 is 0 Å². The quantitative estimate of drug-likeness (QED) is 0.643. The molecule has 1 aromatic carbocycles. The molecule has 4 nitrogen and oxygen atoms in total. The molecule has 104 valence electrons. The molecule has 19 heavy (non-hydrogen) atoms. The number of morpholine rings is 1. The Bertz CT molecular complexity index is 464. The van der Waals surface area contributed by atoms with Gasteiger partial charge in [-0.15, -0.1) is 0 Å². The molecule has 0 aromatic heterocycles. The molecule has 1 saturated heterocycles. The number of nitrogens with zero attached hydrogens (tertiary/aromatic N) is 1. The number of hydrogen-bond donors (Lipinski definition) is 2. The highest BCUT2D eigenvalue weighted by molar-refractivity contribution is 5.95. The average molecular weight is 265 g/mol. The van der Waals surface area contributed by atoms with E-state index in [1.54, 1.807) is 6.07 Å². The van der Waals surface area contributed by atoms with Gasteiger partial charge >= 0.3 is 0 Å². The van der Waals surface area contributed by atoms with Gasteiger partial charge in [0, 0.05) is 24.7 Å². The predicted octanol–water partition coefficient (Wildman–Crippen LogP) is 1.72. The molecule has 0 amide bonds. The summed E-state index contributed by atoms with van der Waals surface area (Å²) in [6, 6.07) is 4.96. The van der Waals surface area contributed by atoms with E-state index in [1.807, 2.05) is 0 Å². The number of benzene rings is 1. The van der Waals surface area contributed by atoms with Gasteiger partial charge < -0.3 is 10.5 Å². The number of nitrogen functional groups attached to an aromatic ring is 1. The first-order valence-electron chi connectivity index (χ1n) is 6.55. The first-order chi connectivity index (χ1) is 9.10. The third kappa shape index (κ3) is 3.52. The summed E-state index contributed by atoms with van der Waals surface area (Å²) in [7, 11) is 0. The highest BCUT2D eigenvalue weighted by Crippen LogP contribution is 2.16. The number of nitrogens with one attached hydrogen (secondary N) is 1. The zero-order valence-electron chi connectivity index (χ0n) is 11.2. The molecule has 0 saturated carbocycles. The van der Waals surface area contributed by atoms with E-state index in [0.29, 0.717) is 24.8 Å². The number of ether oxygens (including phenoxy) is 1. The summed E-state index contributed by atoms with van der Waals surface area (Å²) >= 11 is 0. The zero-order valence-corrected chi connectivity index (χ0v) is 11.2. The summed E-state index contributed by atoms with van der Waals surface area (Å²) in [5, 5.41) is 7.40. The van der Waals surface area contributed by atoms with Crippen LogP contribution in [0.4, 0.5) is 4.39 Å². The maximum Gasteiger partial charge on any atom is 0.124 e. The number of hydrogen-bond acceptors (Lipinski definition) is 3. The minimum atomic E-state index is -0.344. The predicted molar refractivity (Wildman–Crippen MR) is 72.7 cm³/mol. The van der Waals surface area contributed by atoms with Crippen LogP contribution in [0.2, 0.25) is 0 Å². The van der Waals surface area contributed by atoms with Gasteiger partial charge in [0.05, 0.1) is 13.2 Å². The molecule has 1 unspecified atom stereocenters. The minimum absolute atomic E-state index is 0.102. The van der Waals surface area contributed by atoms with E-state index in [4.69, 9.17) is 15.9 Å². The number of rotatable bonds is 4. The molecule has 1 aromatic rings. The molecular weight excluding hydrogens is 245 g/mol. The van der Waals surface area contributed by atoms with Gasteiger partial charge in [-0.25, -0.2) is 4.39 Å². The molecule has 1 aliphatic heterocycles. The maximum absolute atomic E-state index is 13.5. The van der Waals surface area contributed by atoms with E-state index in [9.17, 15) is 4.39 Å². The standard InChI is InChI=1S/C14H20FN3O/c1-2-13-9-19-4-3-18(13)8-10-5-11(14(16)17)7-12(15)6-10/h5-7,13H,2-4,8-9H2,1H3,(H3,16,17). The van der Waals surface area contributed by atoms with Crippen molar-refractivity contribution in [2.24, 2.45) is 5.73 Å². The van der Waals surface area contributed by atoms with Crippen LogP contribution in [0.25, 0.3) is 0 Å². The van der Waals surface area contributed by atoms with Crippen LogP contribution in [0, 0.1) is 11.2 Å². The fraction of sp³-hybridized carbons (Fsp3) is 0.500. The first kappa shape index (κ1) is 14.0. The molecule has 1 fully saturated rings. The summed E-state index contributed by atoms with van der Waals surface area (Å²) in [6.07, 6.45) is 1.01. The van der Waals surface area contributed by atoms with Gasteiger partial charge in [0.2, 0.25) is 0 Å². The Hall–Kier alpha value is -1.46. The fourth-order valence-corrected chi connectivity index (χ4v) is 2.41. The molecule has 1 heterocycles. The van der Waals surface area contributed by atoms with Gasteiger partial charge in [0.25, 0.3) is 0 Å². The van der Waals surface area contributed by atoms with Crippen LogP contribution in [0.5, 0.6) is 0 Å². The molecule has 3 N–H and O–H groups in total. The van der Waals surface area contributed by atoms with Crippen LogP contribution in [-0.4, -0.2) is 36.5 Å².